The van der Waals surface area contributed by atoms with Gasteiger partial charge in [-0.3, -0.25) is 14.9 Å². The molecular formula is C17H19N3O4. The molecule has 4 amide bonds. The highest BCUT2D eigenvalue weighted by Gasteiger charge is 2.54. The molecular weight excluding hydrogens is 310 g/mol. The molecule has 1 spiro atoms. The van der Waals surface area contributed by atoms with Crippen LogP contribution in [0.5, 0.6) is 5.75 Å². The summed E-state index contributed by atoms with van der Waals surface area (Å²) >= 11 is 0. The summed E-state index contributed by atoms with van der Waals surface area (Å²) in [6.45, 7) is 0.758. The molecule has 3 atom stereocenters. The quantitative estimate of drug-likeness (QED) is 0.796. The summed E-state index contributed by atoms with van der Waals surface area (Å²) in [5, 5.41) is 4.93. The largest absolute Gasteiger partial charge is 0.497 e. The molecule has 0 radical (unpaired) electrons. The van der Waals surface area contributed by atoms with Crippen molar-refractivity contribution in [2.45, 2.75) is 24.3 Å². The number of carbonyl (C=O) groups is 3. The Morgan fingerprint density at radius 3 is 2.67 bits per heavy atom. The smallest absolute Gasteiger partial charge is 0.322 e. The van der Waals surface area contributed by atoms with Crippen LogP contribution in [0.3, 0.4) is 0 Å². The van der Waals surface area contributed by atoms with Gasteiger partial charge < -0.3 is 15.0 Å². The molecule has 2 heterocycles. The van der Waals surface area contributed by atoms with Gasteiger partial charge in [0.15, 0.2) is 0 Å². The third-order valence-electron chi connectivity index (χ3n) is 5.25. The van der Waals surface area contributed by atoms with Crippen LogP contribution in [0.25, 0.3) is 0 Å². The minimum Gasteiger partial charge on any atom is -0.497 e. The Morgan fingerprint density at radius 1 is 1.29 bits per heavy atom. The number of nitrogens with one attached hydrogen (secondary N) is 2. The number of ether oxygens (including phenoxy) is 1. The zero-order valence-corrected chi connectivity index (χ0v) is 13.4. The van der Waals surface area contributed by atoms with Crippen molar-refractivity contribution in [3.8, 4) is 5.75 Å². The number of nitrogens with zero attached hydrogens (tertiary/aromatic N) is 1. The van der Waals surface area contributed by atoms with E-state index in [1.54, 1.807) is 12.0 Å². The van der Waals surface area contributed by atoms with Crippen LogP contribution in [0.2, 0.25) is 0 Å². The number of carbonyl (C=O) groups excluding carboxylic acids is 3. The van der Waals surface area contributed by atoms with Gasteiger partial charge in [0.1, 0.15) is 11.3 Å². The van der Waals surface area contributed by atoms with Crippen molar-refractivity contribution in [2.24, 2.45) is 5.92 Å². The molecule has 7 heteroatoms. The minimum atomic E-state index is -0.933. The highest BCUT2D eigenvalue weighted by atomic mass is 16.5. The number of methoxy groups -OCH3 is 1. The zero-order chi connectivity index (χ0) is 16.9. The Balaban J connectivity index is 1.41. The van der Waals surface area contributed by atoms with Crippen LogP contribution in [0.15, 0.2) is 24.3 Å². The van der Waals surface area contributed by atoms with Crippen LogP contribution in [0.1, 0.15) is 24.3 Å². The lowest BCUT2D eigenvalue weighted by atomic mass is 9.99. The summed E-state index contributed by atoms with van der Waals surface area (Å²) in [6.07, 6.45) is 1.30. The van der Waals surface area contributed by atoms with Crippen molar-refractivity contribution in [1.82, 2.24) is 15.5 Å². The van der Waals surface area contributed by atoms with E-state index in [2.05, 4.69) is 10.6 Å². The Hall–Kier alpha value is -2.57. The van der Waals surface area contributed by atoms with Gasteiger partial charge in [-0.1, -0.05) is 12.1 Å². The molecule has 3 fully saturated rings. The topological polar surface area (TPSA) is 87.7 Å². The van der Waals surface area contributed by atoms with Crippen LogP contribution in [0.4, 0.5) is 4.79 Å². The Kier molecular flexibility index (Phi) is 3.26. The first-order chi connectivity index (χ1) is 11.5. The van der Waals surface area contributed by atoms with Gasteiger partial charge in [-0.15, -0.1) is 0 Å². The SMILES string of the molecule is COc1ccc([C@@H]2C[C@H]2C(=O)N2CCC3(C2)NC(=O)NC3=O)cc1. The number of rotatable bonds is 3. The summed E-state index contributed by atoms with van der Waals surface area (Å²) < 4.78 is 5.15. The predicted molar refractivity (Wildman–Crippen MR) is 84.4 cm³/mol. The number of hydrogen-bond donors (Lipinski definition) is 2. The van der Waals surface area contributed by atoms with E-state index in [1.807, 2.05) is 24.3 Å². The molecule has 1 aromatic rings. The summed E-state index contributed by atoms with van der Waals surface area (Å²) in [4.78, 5) is 37.7. The first-order valence-electron chi connectivity index (χ1n) is 8.09. The standard InChI is InChI=1S/C17H19N3O4/c1-24-11-4-2-10(3-5-11)12-8-13(12)14(21)20-7-6-17(9-20)15(22)18-16(23)19-17/h2-5,12-13H,6-9H2,1H3,(H2,18,19,22,23)/t12-,13+,17?/m0/s1. The van der Waals surface area contributed by atoms with Crippen molar-refractivity contribution in [1.29, 1.82) is 0 Å². The summed E-state index contributed by atoms with van der Waals surface area (Å²) in [6, 6.07) is 7.31. The lowest BCUT2D eigenvalue weighted by molar-refractivity contribution is -0.132. The lowest BCUT2D eigenvalue weighted by Gasteiger charge is -2.21. The van der Waals surface area contributed by atoms with Gasteiger partial charge in [-0.2, -0.15) is 0 Å². The second-order valence-corrected chi connectivity index (χ2v) is 6.72. The van der Waals surface area contributed by atoms with E-state index in [4.69, 9.17) is 4.74 Å². The third kappa shape index (κ3) is 2.31. The second-order valence-electron chi connectivity index (χ2n) is 6.72. The maximum atomic E-state index is 12.7. The first-order valence-corrected chi connectivity index (χ1v) is 8.09. The Morgan fingerprint density at radius 2 is 2.04 bits per heavy atom. The molecule has 1 aliphatic carbocycles. The van der Waals surface area contributed by atoms with Gasteiger partial charge in [0.2, 0.25) is 5.91 Å². The van der Waals surface area contributed by atoms with Gasteiger partial charge in [0.05, 0.1) is 13.7 Å². The van der Waals surface area contributed by atoms with Gasteiger partial charge in [-0.25, -0.2) is 4.79 Å². The van der Waals surface area contributed by atoms with E-state index in [9.17, 15) is 14.4 Å². The van der Waals surface area contributed by atoms with Crippen molar-refractivity contribution in [3.05, 3.63) is 29.8 Å². The molecule has 1 aromatic carbocycles. The maximum Gasteiger partial charge on any atom is 0.322 e. The molecule has 24 heavy (non-hydrogen) atoms. The highest BCUT2D eigenvalue weighted by Crippen LogP contribution is 2.49. The van der Waals surface area contributed by atoms with E-state index in [-0.39, 0.29) is 30.2 Å². The number of imide groups is 1. The average molecular weight is 329 g/mol. The fraction of sp³-hybridized carbons (Fsp3) is 0.471. The summed E-state index contributed by atoms with van der Waals surface area (Å²) in [7, 11) is 1.62. The van der Waals surface area contributed by atoms with Gasteiger partial charge in [-0.05, 0) is 36.5 Å². The van der Waals surface area contributed by atoms with Crippen LogP contribution in [-0.4, -0.2) is 48.5 Å². The summed E-state index contributed by atoms with van der Waals surface area (Å²) in [5.74, 6) is 0.736. The zero-order valence-electron chi connectivity index (χ0n) is 13.4. The van der Waals surface area contributed by atoms with Crippen LogP contribution in [0, 0.1) is 5.92 Å². The Bertz CT molecular complexity index is 717. The van der Waals surface area contributed by atoms with E-state index < -0.39 is 11.6 Å². The molecule has 4 rings (SSSR count). The van der Waals surface area contributed by atoms with Gasteiger partial charge >= 0.3 is 6.03 Å². The van der Waals surface area contributed by atoms with Gasteiger partial charge in [0.25, 0.3) is 5.91 Å². The molecule has 3 aliphatic rings. The summed E-state index contributed by atoms with van der Waals surface area (Å²) in [5.41, 5.74) is 0.201. The van der Waals surface area contributed by atoms with Crippen molar-refractivity contribution in [3.63, 3.8) is 0 Å². The van der Waals surface area contributed by atoms with Crippen molar-refractivity contribution < 1.29 is 19.1 Å². The number of hydrogen-bond acceptors (Lipinski definition) is 4. The van der Waals surface area contributed by atoms with Crippen LogP contribution < -0.4 is 15.4 Å². The third-order valence-corrected chi connectivity index (χ3v) is 5.25. The Labute approximate surface area is 139 Å². The number of urea groups is 1. The van der Waals surface area contributed by atoms with E-state index in [0.717, 1.165) is 17.7 Å². The van der Waals surface area contributed by atoms with Crippen LogP contribution in [-0.2, 0) is 9.59 Å². The monoisotopic (exact) mass is 329 g/mol. The number of likely N-dealkylation sites (tertiary alicyclic amines) is 1. The van der Waals surface area contributed by atoms with Crippen molar-refractivity contribution >= 4 is 17.8 Å². The van der Waals surface area contributed by atoms with Crippen molar-refractivity contribution in [2.75, 3.05) is 20.2 Å². The molecule has 2 N–H and O–H groups in total. The average Bonchev–Trinajstić information content (AvgIpc) is 3.19. The molecule has 1 unspecified atom stereocenters. The minimum absolute atomic E-state index is 0.0336. The number of amides is 4. The molecule has 1 saturated carbocycles. The van der Waals surface area contributed by atoms with Crippen LogP contribution >= 0.6 is 0 Å². The molecule has 0 aromatic heterocycles. The molecule has 7 nitrogen and oxygen atoms in total. The van der Waals surface area contributed by atoms with Gasteiger partial charge in [0, 0.05) is 12.5 Å². The fourth-order valence-electron chi connectivity index (χ4n) is 3.74. The highest BCUT2D eigenvalue weighted by molar-refractivity contribution is 6.07. The maximum absolute atomic E-state index is 12.7. The van der Waals surface area contributed by atoms with E-state index >= 15 is 0 Å². The number of benzene rings is 1. The predicted octanol–water partition coefficient (Wildman–Crippen LogP) is 0.609. The first kappa shape index (κ1) is 15.0. The van der Waals surface area contributed by atoms with E-state index in [0.29, 0.717) is 13.0 Å². The normalized spacial score (nSPS) is 31.1. The molecule has 2 aliphatic heterocycles. The second kappa shape index (κ2) is 5.22. The van der Waals surface area contributed by atoms with E-state index in [1.165, 1.54) is 0 Å². The molecule has 2 saturated heterocycles. The lowest BCUT2D eigenvalue weighted by Crippen LogP contribution is -2.49. The molecule has 0 bridgehead atoms. The fourth-order valence-corrected chi connectivity index (χ4v) is 3.74. The molecule has 126 valence electrons.